The fourth-order valence-corrected chi connectivity index (χ4v) is 1.50. The molecule has 0 saturated heterocycles. The Morgan fingerprint density at radius 2 is 1.77 bits per heavy atom. The Morgan fingerprint density at radius 1 is 1.00 bits per heavy atom. The Hall–Kier alpha value is -1.37. The van der Waals surface area contributed by atoms with Crippen LogP contribution in [-0.4, -0.2) is 0 Å². The molecule has 1 heteroatoms. The molecule has 2 aromatic carbocycles. The molecule has 0 heterocycles. The monoisotopic (exact) mass is 174 g/mol. The van der Waals surface area contributed by atoms with Crippen LogP contribution >= 0.6 is 0 Å². The molecule has 13 heavy (non-hydrogen) atoms. The van der Waals surface area contributed by atoms with Crippen molar-refractivity contribution >= 4 is 10.8 Å². The summed E-state index contributed by atoms with van der Waals surface area (Å²) in [5, 5.41) is 2.29. The molecule has 2 aromatic rings. The van der Waals surface area contributed by atoms with Gasteiger partial charge >= 0.3 is 0 Å². The lowest BCUT2D eigenvalue weighted by Gasteiger charge is -2.00. The van der Waals surface area contributed by atoms with E-state index in [1.165, 1.54) is 10.9 Å². The van der Waals surface area contributed by atoms with Gasteiger partial charge in [0.15, 0.2) is 0 Å². The summed E-state index contributed by atoms with van der Waals surface area (Å²) in [5.41, 5.74) is 1.96. The summed E-state index contributed by atoms with van der Waals surface area (Å²) in [5.74, 6) is 0. The Morgan fingerprint density at radius 3 is 2.54 bits per heavy atom. The maximum atomic E-state index is 12.4. The highest BCUT2D eigenvalue weighted by molar-refractivity contribution is 5.83. The van der Waals surface area contributed by atoms with Crippen LogP contribution in [-0.2, 0) is 6.67 Å². The van der Waals surface area contributed by atoms with Gasteiger partial charge in [0.1, 0.15) is 6.67 Å². The summed E-state index contributed by atoms with van der Waals surface area (Å²) in [6.45, 7) is 1.66. The second-order valence-electron chi connectivity index (χ2n) is 3.32. The van der Waals surface area contributed by atoms with Crippen molar-refractivity contribution in [1.29, 1.82) is 0 Å². The number of fused-ring (bicyclic) bond motifs is 1. The highest BCUT2D eigenvalue weighted by atomic mass is 19.1. The molecule has 66 valence electrons. The van der Waals surface area contributed by atoms with Crippen LogP contribution in [0.25, 0.3) is 10.8 Å². The summed E-state index contributed by atoms with van der Waals surface area (Å²) < 4.78 is 12.4. The third-order valence-electron chi connectivity index (χ3n) is 2.21. The zero-order chi connectivity index (χ0) is 9.26. The van der Waals surface area contributed by atoms with Gasteiger partial charge in [0.05, 0.1) is 0 Å². The van der Waals surface area contributed by atoms with Crippen LogP contribution in [0.1, 0.15) is 11.1 Å². The molecule has 0 atom stereocenters. The predicted octanol–water partition coefficient (Wildman–Crippen LogP) is 3.62. The highest BCUT2D eigenvalue weighted by Crippen LogP contribution is 2.17. The van der Waals surface area contributed by atoms with Gasteiger partial charge in [-0.2, -0.15) is 0 Å². The van der Waals surface area contributed by atoms with Gasteiger partial charge in [0.2, 0.25) is 0 Å². The van der Waals surface area contributed by atoms with Crippen LogP contribution in [0.5, 0.6) is 0 Å². The molecular weight excluding hydrogens is 163 g/mol. The van der Waals surface area contributed by atoms with E-state index < -0.39 is 0 Å². The molecule has 0 amide bonds. The van der Waals surface area contributed by atoms with E-state index in [0.717, 1.165) is 10.9 Å². The van der Waals surface area contributed by atoms with Crippen molar-refractivity contribution in [3.05, 3.63) is 47.5 Å². The van der Waals surface area contributed by atoms with Crippen LogP contribution in [0.15, 0.2) is 36.4 Å². The van der Waals surface area contributed by atoms with E-state index >= 15 is 0 Å². The molecule has 2 rings (SSSR count). The summed E-state index contributed by atoms with van der Waals surface area (Å²) in [6.07, 6.45) is 0. The van der Waals surface area contributed by atoms with E-state index in [-0.39, 0.29) is 6.67 Å². The Kier molecular flexibility index (Phi) is 2.01. The molecule has 0 spiro atoms. The number of rotatable bonds is 1. The zero-order valence-electron chi connectivity index (χ0n) is 7.55. The summed E-state index contributed by atoms with van der Waals surface area (Å²) in [4.78, 5) is 0. The lowest BCUT2D eigenvalue weighted by atomic mass is 10.1. The van der Waals surface area contributed by atoms with Gasteiger partial charge < -0.3 is 0 Å². The molecule has 0 radical (unpaired) electrons. The lowest BCUT2D eigenvalue weighted by Crippen LogP contribution is -1.80. The van der Waals surface area contributed by atoms with Crippen molar-refractivity contribution in [3.8, 4) is 0 Å². The van der Waals surface area contributed by atoms with Gasteiger partial charge in [-0.25, -0.2) is 4.39 Å². The first-order valence-corrected chi connectivity index (χ1v) is 4.35. The lowest BCUT2D eigenvalue weighted by molar-refractivity contribution is 0.485. The van der Waals surface area contributed by atoms with Gasteiger partial charge in [-0.1, -0.05) is 35.9 Å². The van der Waals surface area contributed by atoms with E-state index in [9.17, 15) is 4.39 Å². The number of hydrogen-bond acceptors (Lipinski definition) is 0. The molecule has 0 aliphatic heterocycles. The number of halogens is 1. The van der Waals surface area contributed by atoms with Gasteiger partial charge in [-0.3, -0.25) is 0 Å². The first-order chi connectivity index (χ1) is 6.29. The van der Waals surface area contributed by atoms with E-state index in [0.29, 0.717) is 0 Å². The van der Waals surface area contributed by atoms with Crippen molar-refractivity contribution in [2.75, 3.05) is 0 Å². The van der Waals surface area contributed by atoms with Crippen LogP contribution in [0.3, 0.4) is 0 Å². The smallest absolute Gasteiger partial charge is 0.115 e. The maximum Gasteiger partial charge on any atom is 0.115 e. The van der Waals surface area contributed by atoms with Crippen LogP contribution in [0, 0.1) is 6.92 Å². The van der Waals surface area contributed by atoms with E-state index in [2.05, 4.69) is 18.2 Å². The Labute approximate surface area is 77.0 Å². The Balaban J connectivity index is 2.68. The van der Waals surface area contributed by atoms with Gasteiger partial charge in [-0.15, -0.1) is 0 Å². The van der Waals surface area contributed by atoms with Crippen LogP contribution in [0.2, 0.25) is 0 Å². The standard InChI is InChI=1S/C12H11F/c1-9-2-4-11-5-3-10(8-13)7-12(11)6-9/h2-7H,8H2,1H3. The highest BCUT2D eigenvalue weighted by Gasteiger charge is 1.95. The minimum Gasteiger partial charge on any atom is -0.246 e. The molecule has 0 unspecified atom stereocenters. The minimum absolute atomic E-state index is 0.385. The minimum atomic E-state index is -0.385. The quantitative estimate of drug-likeness (QED) is 0.619. The number of benzene rings is 2. The van der Waals surface area contributed by atoms with Crippen molar-refractivity contribution in [1.82, 2.24) is 0 Å². The molecule has 0 aliphatic carbocycles. The molecule has 0 bridgehead atoms. The SMILES string of the molecule is Cc1ccc2ccc(CF)cc2c1. The number of aryl methyl sites for hydroxylation is 1. The molecule has 0 fully saturated rings. The van der Waals surface area contributed by atoms with E-state index in [4.69, 9.17) is 0 Å². The first kappa shape index (κ1) is 8.24. The van der Waals surface area contributed by atoms with Crippen LogP contribution in [0.4, 0.5) is 4.39 Å². The molecule has 0 aromatic heterocycles. The molecule has 0 aliphatic rings. The first-order valence-electron chi connectivity index (χ1n) is 4.35. The van der Waals surface area contributed by atoms with Gasteiger partial charge in [0, 0.05) is 0 Å². The second-order valence-corrected chi connectivity index (χ2v) is 3.32. The van der Waals surface area contributed by atoms with Gasteiger partial charge in [0.25, 0.3) is 0 Å². The molecule has 0 N–H and O–H groups in total. The topological polar surface area (TPSA) is 0 Å². The van der Waals surface area contributed by atoms with Crippen molar-refractivity contribution in [2.24, 2.45) is 0 Å². The van der Waals surface area contributed by atoms with Crippen molar-refractivity contribution < 1.29 is 4.39 Å². The average molecular weight is 174 g/mol. The summed E-state index contributed by atoms with van der Waals surface area (Å²) in [6, 6.07) is 11.9. The molecule has 0 saturated carbocycles. The molecular formula is C12H11F. The third-order valence-corrected chi connectivity index (χ3v) is 2.21. The second kappa shape index (κ2) is 3.17. The fraction of sp³-hybridized carbons (Fsp3) is 0.167. The van der Waals surface area contributed by atoms with Crippen molar-refractivity contribution in [3.63, 3.8) is 0 Å². The largest absolute Gasteiger partial charge is 0.246 e. The van der Waals surface area contributed by atoms with Crippen LogP contribution < -0.4 is 0 Å². The normalized spacial score (nSPS) is 10.6. The average Bonchev–Trinajstić information content (AvgIpc) is 2.16. The summed E-state index contributed by atoms with van der Waals surface area (Å²) in [7, 11) is 0. The van der Waals surface area contributed by atoms with E-state index in [1.54, 1.807) is 0 Å². The fourth-order valence-electron chi connectivity index (χ4n) is 1.50. The predicted molar refractivity (Wildman–Crippen MR) is 53.5 cm³/mol. The number of hydrogen-bond donors (Lipinski definition) is 0. The third kappa shape index (κ3) is 1.55. The maximum absolute atomic E-state index is 12.4. The summed E-state index contributed by atoms with van der Waals surface area (Å²) >= 11 is 0. The Bertz CT molecular complexity index is 432. The van der Waals surface area contributed by atoms with Gasteiger partial charge in [-0.05, 0) is 29.3 Å². The van der Waals surface area contributed by atoms with Crippen molar-refractivity contribution in [2.45, 2.75) is 13.6 Å². The van der Waals surface area contributed by atoms with E-state index in [1.807, 2.05) is 25.1 Å². The molecule has 0 nitrogen and oxygen atoms in total. The zero-order valence-corrected chi connectivity index (χ0v) is 7.55. The number of alkyl halides is 1.